The summed E-state index contributed by atoms with van der Waals surface area (Å²) in [5.41, 5.74) is 3.41. The van der Waals surface area contributed by atoms with Crippen LogP contribution in [0.15, 0.2) is 81.2 Å². The second-order valence-corrected chi connectivity index (χ2v) is 8.45. The first kappa shape index (κ1) is 21.3. The van der Waals surface area contributed by atoms with Crippen LogP contribution in [0.2, 0.25) is 5.02 Å². The molecule has 0 unspecified atom stereocenters. The molecule has 0 aliphatic rings. The molecule has 0 spiro atoms. The zero-order valence-electron chi connectivity index (χ0n) is 15.1. The Bertz CT molecular complexity index is 1120. The number of hydrogen-bond acceptors (Lipinski definition) is 2. The van der Waals surface area contributed by atoms with E-state index in [1.807, 2.05) is 48.5 Å². The van der Waals surface area contributed by atoms with Gasteiger partial charge in [-0.05, 0) is 71.7 Å². The molecule has 3 rings (SSSR count). The van der Waals surface area contributed by atoms with Crippen molar-refractivity contribution in [2.75, 3.05) is 5.32 Å². The summed E-state index contributed by atoms with van der Waals surface area (Å²) in [5.74, 6) is -0.471. The molecule has 0 bridgehead atoms. The van der Waals surface area contributed by atoms with E-state index in [0.29, 0.717) is 17.1 Å². The summed E-state index contributed by atoms with van der Waals surface area (Å²) in [7, 11) is 0. The number of benzene rings is 3. The zero-order chi connectivity index (χ0) is 20.8. The molecule has 0 radical (unpaired) electrons. The maximum absolute atomic E-state index is 12.6. The van der Waals surface area contributed by atoms with Crippen LogP contribution in [0.4, 0.5) is 5.69 Å². The molecule has 3 nitrogen and oxygen atoms in total. The number of carbonyl (C=O) groups is 1. The average Bonchev–Trinajstić information content (AvgIpc) is 2.71. The van der Waals surface area contributed by atoms with Crippen molar-refractivity contribution in [3.05, 3.63) is 103 Å². The summed E-state index contributed by atoms with van der Waals surface area (Å²) >= 11 is 13.1. The largest absolute Gasteiger partial charge is 0.321 e. The first-order chi connectivity index (χ1) is 14.0. The number of nitriles is 1. The van der Waals surface area contributed by atoms with Gasteiger partial charge < -0.3 is 5.32 Å². The van der Waals surface area contributed by atoms with Gasteiger partial charge in [0.25, 0.3) is 5.91 Å². The lowest BCUT2D eigenvalue weighted by Crippen LogP contribution is -2.13. The Kier molecular flexibility index (Phi) is 7.27. The highest BCUT2D eigenvalue weighted by atomic mass is 79.9. The van der Waals surface area contributed by atoms with Gasteiger partial charge in [0.05, 0.1) is 0 Å². The summed E-state index contributed by atoms with van der Waals surface area (Å²) < 4.78 is 1.90. The Morgan fingerprint density at radius 2 is 1.76 bits per heavy atom. The summed E-state index contributed by atoms with van der Waals surface area (Å²) in [4.78, 5) is 12.6. The quantitative estimate of drug-likeness (QED) is 0.285. The van der Waals surface area contributed by atoms with Crippen LogP contribution in [-0.4, -0.2) is 5.91 Å². The van der Waals surface area contributed by atoms with Gasteiger partial charge in [-0.15, -0.1) is 0 Å². The number of anilines is 1. The summed E-state index contributed by atoms with van der Waals surface area (Å²) in [6.45, 7) is 0. The number of nitrogens with one attached hydrogen (secondary N) is 1. The number of rotatable bonds is 5. The molecule has 0 aliphatic carbocycles. The molecule has 1 N–H and O–H groups in total. The highest BCUT2D eigenvalue weighted by Crippen LogP contribution is 2.25. The molecule has 0 atom stereocenters. The van der Waals surface area contributed by atoms with Gasteiger partial charge in [0.15, 0.2) is 0 Å². The van der Waals surface area contributed by atoms with E-state index in [1.54, 1.807) is 30.3 Å². The van der Waals surface area contributed by atoms with Crippen LogP contribution in [0.25, 0.3) is 6.08 Å². The molecule has 3 aromatic carbocycles. The van der Waals surface area contributed by atoms with Crippen LogP contribution < -0.4 is 5.32 Å². The first-order valence-corrected chi connectivity index (χ1v) is 10.6. The lowest BCUT2D eigenvalue weighted by molar-refractivity contribution is -0.112. The van der Waals surface area contributed by atoms with E-state index in [4.69, 9.17) is 11.6 Å². The summed E-state index contributed by atoms with van der Waals surface area (Å²) in [6.07, 6.45) is 2.21. The van der Waals surface area contributed by atoms with Crippen LogP contribution in [0.3, 0.4) is 0 Å². The van der Waals surface area contributed by atoms with Gasteiger partial charge in [-0.25, -0.2) is 0 Å². The molecule has 6 heteroatoms. The maximum Gasteiger partial charge on any atom is 0.266 e. The Morgan fingerprint density at radius 3 is 2.45 bits per heavy atom. The minimum atomic E-state index is -0.471. The van der Waals surface area contributed by atoms with Crippen LogP contribution in [0, 0.1) is 11.3 Å². The van der Waals surface area contributed by atoms with Gasteiger partial charge in [-0.3, -0.25) is 4.79 Å². The van der Waals surface area contributed by atoms with Gasteiger partial charge >= 0.3 is 0 Å². The van der Waals surface area contributed by atoms with Gasteiger partial charge in [0.2, 0.25) is 0 Å². The summed E-state index contributed by atoms with van der Waals surface area (Å²) in [6, 6.07) is 22.6. The fraction of sp³-hybridized carbons (Fsp3) is 0.0435. The number of amides is 1. The predicted octanol–water partition coefficient (Wildman–Crippen LogP) is 7.00. The van der Waals surface area contributed by atoms with E-state index in [9.17, 15) is 10.1 Å². The summed E-state index contributed by atoms with van der Waals surface area (Å²) in [5, 5.41) is 12.8. The molecule has 0 aliphatic heterocycles. The zero-order valence-corrected chi connectivity index (χ0v) is 19.1. The smallest absolute Gasteiger partial charge is 0.266 e. The molecule has 0 saturated heterocycles. The molecular weight excluding hydrogens is 516 g/mol. The Balaban J connectivity index is 1.91. The Morgan fingerprint density at radius 1 is 1.03 bits per heavy atom. The van der Waals surface area contributed by atoms with Crippen LogP contribution >= 0.6 is 43.5 Å². The molecular formula is C23H15Br2ClN2O. The second kappa shape index (κ2) is 9.89. The SMILES string of the molecule is N#C/C(=C\c1cc(Cl)ccc1Cc1ccccc1Br)C(=O)Nc1ccc(Br)cc1. The lowest BCUT2D eigenvalue weighted by Gasteiger charge is -2.10. The molecule has 0 fully saturated rings. The molecule has 0 heterocycles. The Labute approximate surface area is 191 Å². The van der Waals surface area contributed by atoms with Crippen LogP contribution in [-0.2, 0) is 11.2 Å². The number of nitrogens with zero attached hydrogens (tertiary/aromatic N) is 1. The fourth-order valence-electron chi connectivity index (χ4n) is 2.74. The molecule has 0 aromatic heterocycles. The molecule has 29 heavy (non-hydrogen) atoms. The predicted molar refractivity (Wildman–Crippen MR) is 125 cm³/mol. The normalized spacial score (nSPS) is 11.0. The van der Waals surface area contributed by atoms with Crippen molar-refractivity contribution >= 4 is 61.1 Å². The van der Waals surface area contributed by atoms with E-state index < -0.39 is 5.91 Å². The minimum absolute atomic E-state index is 0.00330. The van der Waals surface area contributed by atoms with E-state index in [2.05, 4.69) is 37.2 Å². The van der Waals surface area contributed by atoms with E-state index >= 15 is 0 Å². The number of halogens is 3. The second-order valence-electron chi connectivity index (χ2n) is 6.24. The first-order valence-electron chi connectivity index (χ1n) is 8.67. The molecule has 1 amide bonds. The topological polar surface area (TPSA) is 52.9 Å². The highest BCUT2D eigenvalue weighted by Gasteiger charge is 2.12. The third kappa shape index (κ3) is 5.80. The monoisotopic (exact) mass is 528 g/mol. The van der Waals surface area contributed by atoms with E-state index in [0.717, 1.165) is 25.6 Å². The lowest BCUT2D eigenvalue weighted by atomic mass is 9.98. The van der Waals surface area contributed by atoms with Crippen molar-refractivity contribution in [1.29, 1.82) is 5.26 Å². The number of hydrogen-bond donors (Lipinski definition) is 1. The maximum atomic E-state index is 12.6. The van der Waals surface area contributed by atoms with E-state index in [1.165, 1.54) is 0 Å². The third-order valence-corrected chi connectivity index (χ3v) is 5.75. The van der Waals surface area contributed by atoms with Crippen molar-refractivity contribution in [3.8, 4) is 6.07 Å². The third-order valence-electron chi connectivity index (χ3n) is 4.21. The molecule has 144 valence electrons. The Hall–Kier alpha value is -2.39. The van der Waals surface area contributed by atoms with Gasteiger partial charge in [0, 0.05) is 19.7 Å². The van der Waals surface area contributed by atoms with Gasteiger partial charge in [0.1, 0.15) is 11.6 Å². The van der Waals surface area contributed by atoms with Crippen LogP contribution in [0.5, 0.6) is 0 Å². The van der Waals surface area contributed by atoms with Crippen molar-refractivity contribution in [2.45, 2.75) is 6.42 Å². The highest BCUT2D eigenvalue weighted by molar-refractivity contribution is 9.10. The van der Waals surface area contributed by atoms with Crippen molar-refractivity contribution in [2.24, 2.45) is 0 Å². The molecule has 0 saturated carbocycles. The van der Waals surface area contributed by atoms with Crippen molar-refractivity contribution in [3.63, 3.8) is 0 Å². The standard InChI is InChI=1S/C23H15Br2ClN2O/c24-19-6-9-21(10-7-19)28-23(29)18(14-27)12-17-13-20(26)8-5-15(17)11-16-3-1-2-4-22(16)25/h1-10,12-13H,11H2,(H,28,29)/b18-12+. The van der Waals surface area contributed by atoms with Gasteiger partial charge in [-0.2, -0.15) is 5.26 Å². The van der Waals surface area contributed by atoms with Crippen molar-refractivity contribution in [1.82, 2.24) is 0 Å². The van der Waals surface area contributed by atoms with Crippen LogP contribution in [0.1, 0.15) is 16.7 Å². The fourth-order valence-corrected chi connectivity index (χ4v) is 3.61. The van der Waals surface area contributed by atoms with Crippen molar-refractivity contribution < 1.29 is 4.79 Å². The number of carbonyl (C=O) groups excluding carboxylic acids is 1. The van der Waals surface area contributed by atoms with Gasteiger partial charge in [-0.1, -0.05) is 67.7 Å². The minimum Gasteiger partial charge on any atom is -0.321 e. The molecule has 3 aromatic rings. The average molecular weight is 531 g/mol. The van der Waals surface area contributed by atoms with E-state index in [-0.39, 0.29) is 5.57 Å².